The lowest BCUT2D eigenvalue weighted by molar-refractivity contribution is -0.135. The van der Waals surface area contributed by atoms with E-state index in [0.29, 0.717) is 0 Å². The zero-order valence-electron chi connectivity index (χ0n) is 12.3. The van der Waals surface area contributed by atoms with Crippen LogP contribution >= 0.6 is 0 Å². The first-order valence-electron chi connectivity index (χ1n) is 7.33. The maximum atomic E-state index is 12.6. The molecule has 2 atom stereocenters. The minimum absolute atomic E-state index is 0.0846. The van der Waals surface area contributed by atoms with Crippen molar-refractivity contribution in [3.63, 3.8) is 0 Å². The summed E-state index contributed by atoms with van der Waals surface area (Å²) in [6.07, 6.45) is 4.32. The number of nitrogens with two attached hydrogens (primary N) is 1. The van der Waals surface area contributed by atoms with Gasteiger partial charge < -0.3 is 10.6 Å². The van der Waals surface area contributed by atoms with Gasteiger partial charge in [0.25, 0.3) is 0 Å². The Morgan fingerprint density at radius 3 is 2.65 bits per heavy atom. The standard InChI is InChI=1S/C15H24N4O/c1-3-18(4-2)15(20)14-9-13(16)11-19(14)10-12-5-7-17-8-6-12/h5-8,13-14H,3-4,9-11,16H2,1-2H3/t13-,14-/m0/s1. The summed E-state index contributed by atoms with van der Waals surface area (Å²) in [7, 11) is 0. The molecule has 0 spiro atoms. The van der Waals surface area contributed by atoms with Crippen molar-refractivity contribution in [2.75, 3.05) is 19.6 Å². The molecular formula is C15H24N4O. The molecule has 2 heterocycles. The van der Waals surface area contributed by atoms with Gasteiger partial charge in [0.2, 0.25) is 5.91 Å². The molecule has 1 aliphatic heterocycles. The summed E-state index contributed by atoms with van der Waals surface area (Å²) in [5.74, 6) is 0.206. The van der Waals surface area contributed by atoms with Crippen LogP contribution in [0.2, 0.25) is 0 Å². The number of hydrogen-bond acceptors (Lipinski definition) is 4. The highest BCUT2D eigenvalue weighted by atomic mass is 16.2. The lowest BCUT2D eigenvalue weighted by Crippen LogP contribution is -2.45. The molecule has 2 rings (SSSR count). The van der Waals surface area contributed by atoms with E-state index < -0.39 is 0 Å². The van der Waals surface area contributed by atoms with Crippen LogP contribution in [0.1, 0.15) is 25.8 Å². The molecule has 1 aromatic heterocycles. The second kappa shape index (κ2) is 6.81. The van der Waals surface area contributed by atoms with Crippen molar-refractivity contribution in [2.45, 2.75) is 38.9 Å². The Hall–Kier alpha value is -1.46. The SMILES string of the molecule is CCN(CC)C(=O)[C@@H]1C[C@H](N)CN1Cc1ccncc1. The number of rotatable bonds is 5. The Kier molecular flexibility index (Phi) is 5.09. The van der Waals surface area contributed by atoms with Gasteiger partial charge in [-0.25, -0.2) is 0 Å². The highest BCUT2D eigenvalue weighted by Crippen LogP contribution is 2.21. The molecule has 110 valence electrons. The van der Waals surface area contributed by atoms with E-state index in [0.717, 1.165) is 32.6 Å². The lowest BCUT2D eigenvalue weighted by atomic mass is 10.1. The number of likely N-dealkylation sites (N-methyl/N-ethyl adjacent to an activating group) is 1. The molecule has 1 aromatic rings. The van der Waals surface area contributed by atoms with Crippen LogP contribution in [0.25, 0.3) is 0 Å². The van der Waals surface area contributed by atoms with E-state index in [1.54, 1.807) is 12.4 Å². The van der Waals surface area contributed by atoms with Crippen molar-refractivity contribution < 1.29 is 4.79 Å². The third kappa shape index (κ3) is 3.35. The second-order valence-electron chi connectivity index (χ2n) is 5.31. The Morgan fingerprint density at radius 1 is 1.40 bits per heavy atom. The summed E-state index contributed by atoms with van der Waals surface area (Å²) >= 11 is 0. The molecule has 0 saturated carbocycles. The number of carbonyl (C=O) groups is 1. The van der Waals surface area contributed by atoms with E-state index in [1.165, 1.54) is 5.56 Å². The van der Waals surface area contributed by atoms with Gasteiger partial charge in [0.15, 0.2) is 0 Å². The molecule has 2 N–H and O–H groups in total. The highest BCUT2D eigenvalue weighted by Gasteiger charge is 2.36. The molecule has 0 unspecified atom stereocenters. The zero-order chi connectivity index (χ0) is 14.5. The molecular weight excluding hydrogens is 252 g/mol. The molecule has 0 bridgehead atoms. The van der Waals surface area contributed by atoms with Gasteiger partial charge in [0.1, 0.15) is 0 Å². The average molecular weight is 276 g/mol. The largest absolute Gasteiger partial charge is 0.342 e. The highest BCUT2D eigenvalue weighted by molar-refractivity contribution is 5.82. The molecule has 5 nitrogen and oxygen atoms in total. The van der Waals surface area contributed by atoms with Crippen LogP contribution in [0.5, 0.6) is 0 Å². The Bertz CT molecular complexity index is 433. The van der Waals surface area contributed by atoms with Crippen LogP contribution < -0.4 is 5.73 Å². The average Bonchev–Trinajstić information content (AvgIpc) is 2.82. The Morgan fingerprint density at radius 2 is 2.05 bits per heavy atom. The van der Waals surface area contributed by atoms with Gasteiger partial charge in [0.05, 0.1) is 6.04 Å². The predicted octanol–water partition coefficient (Wildman–Crippen LogP) is 0.852. The molecule has 1 fully saturated rings. The summed E-state index contributed by atoms with van der Waals surface area (Å²) in [5.41, 5.74) is 7.24. The minimum atomic E-state index is -0.0851. The van der Waals surface area contributed by atoms with Crippen molar-refractivity contribution in [2.24, 2.45) is 5.73 Å². The van der Waals surface area contributed by atoms with Crippen molar-refractivity contribution in [3.8, 4) is 0 Å². The third-order valence-electron chi connectivity index (χ3n) is 3.93. The summed E-state index contributed by atoms with van der Waals surface area (Å²) in [6, 6.07) is 3.98. The smallest absolute Gasteiger partial charge is 0.239 e. The van der Waals surface area contributed by atoms with E-state index in [4.69, 9.17) is 5.73 Å². The number of nitrogens with zero attached hydrogens (tertiary/aromatic N) is 3. The van der Waals surface area contributed by atoms with Crippen LogP contribution in [-0.2, 0) is 11.3 Å². The van der Waals surface area contributed by atoms with E-state index in [1.807, 2.05) is 30.9 Å². The van der Waals surface area contributed by atoms with Crippen LogP contribution in [0.3, 0.4) is 0 Å². The summed E-state index contributed by atoms with van der Waals surface area (Å²) < 4.78 is 0. The first kappa shape index (κ1) is 14.9. The molecule has 0 aliphatic carbocycles. The number of aromatic nitrogens is 1. The van der Waals surface area contributed by atoms with Crippen molar-refractivity contribution in [3.05, 3.63) is 30.1 Å². The molecule has 1 aliphatic rings. The summed E-state index contributed by atoms with van der Waals surface area (Å²) in [6.45, 7) is 7.08. The van der Waals surface area contributed by atoms with E-state index >= 15 is 0 Å². The predicted molar refractivity (Wildman–Crippen MR) is 79.0 cm³/mol. The molecule has 1 amide bonds. The van der Waals surface area contributed by atoms with E-state index in [2.05, 4.69) is 9.88 Å². The zero-order valence-corrected chi connectivity index (χ0v) is 12.3. The van der Waals surface area contributed by atoms with Gasteiger partial charge in [-0.1, -0.05) is 0 Å². The molecule has 1 saturated heterocycles. The van der Waals surface area contributed by atoms with Crippen LogP contribution in [0.15, 0.2) is 24.5 Å². The molecule has 5 heteroatoms. The first-order valence-corrected chi connectivity index (χ1v) is 7.33. The van der Waals surface area contributed by atoms with E-state index in [9.17, 15) is 4.79 Å². The Labute approximate surface area is 120 Å². The topological polar surface area (TPSA) is 62.5 Å². The maximum absolute atomic E-state index is 12.6. The lowest BCUT2D eigenvalue weighted by Gasteiger charge is -2.28. The fourth-order valence-corrected chi connectivity index (χ4v) is 2.84. The number of likely N-dealkylation sites (tertiary alicyclic amines) is 1. The van der Waals surface area contributed by atoms with Gasteiger partial charge in [-0.05, 0) is 38.0 Å². The van der Waals surface area contributed by atoms with Crippen LogP contribution in [-0.4, -0.2) is 52.4 Å². The Balaban J connectivity index is 2.08. The molecule has 20 heavy (non-hydrogen) atoms. The van der Waals surface area contributed by atoms with Gasteiger partial charge in [0, 0.05) is 44.6 Å². The monoisotopic (exact) mass is 276 g/mol. The molecule has 0 radical (unpaired) electrons. The van der Waals surface area contributed by atoms with Gasteiger partial charge in [-0.15, -0.1) is 0 Å². The number of amides is 1. The number of pyridine rings is 1. The number of carbonyl (C=O) groups excluding carboxylic acids is 1. The van der Waals surface area contributed by atoms with E-state index in [-0.39, 0.29) is 18.0 Å². The number of hydrogen-bond donors (Lipinski definition) is 1. The van der Waals surface area contributed by atoms with Crippen molar-refractivity contribution in [1.82, 2.24) is 14.8 Å². The maximum Gasteiger partial charge on any atom is 0.239 e. The van der Waals surface area contributed by atoms with Gasteiger partial charge in [-0.3, -0.25) is 14.7 Å². The second-order valence-corrected chi connectivity index (χ2v) is 5.31. The fourth-order valence-electron chi connectivity index (χ4n) is 2.84. The normalized spacial score (nSPS) is 22.9. The summed E-state index contributed by atoms with van der Waals surface area (Å²) in [5, 5.41) is 0. The van der Waals surface area contributed by atoms with Crippen molar-refractivity contribution in [1.29, 1.82) is 0 Å². The third-order valence-corrected chi connectivity index (χ3v) is 3.93. The van der Waals surface area contributed by atoms with Gasteiger partial charge >= 0.3 is 0 Å². The first-order chi connectivity index (χ1) is 9.65. The quantitative estimate of drug-likeness (QED) is 0.866. The minimum Gasteiger partial charge on any atom is -0.342 e. The fraction of sp³-hybridized carbons (Fsp3) is 0.600. The van der Waals surface area contributed by atoms with Crippen molar-refractivity contribution >= 4 is 5.91 Å². The van der Waals surface area contributed by atoms with Crippen LogP contribution in [0, 0.1) is 0 Å². The van der Waals surface area contributed by atoms with Gasteiger partial charge in [-0.2, -0.15) is 0 Å². The summed E-state index contributed by atoms with van der Waals surface area (Å²) in [4.78, 5) is 20.7. The van der Waals surface area contributed by atoms with Crippen LogP contribution in [0.4, 0.5) is 0 Å². The molecule has 0 aromatic carbocycles.